The van der Waals surface area contributed by atoms with Crippen LogP contribution in [0.4, 0.5) is 0 Å². The average Bonchev–Trinajstić information content (AvgIpc) is 2.90. The minimum absolute atomic E-state index is 0.0749. The Morgan fingerprint density at radius 2 is 1.46 bits per heavy atom. The van der Waals surface area contributed by atoms with Crippen LogP contribution in [-0.2, 0) is 16.0 Å². The van der Waals surface area contributed by atoms with Gasteiger partial charge in [-0.1, -0.05) is 48.5 Å². The summed E-state index contributed by atoms with van der Waals surface area (Å²) in [4.78, 5) is 12.0. The number of allylic oxidation sites excluding steroid dienone is 1. The van der Waals surface area contributed by atoms with Gasteiger partial charge in [-0.15, -0.1) is 0 Å². The second-order valence-corrected chi connectivity index (χ2v) is 11.4. The zero-order valence-electron chi connectivity index (χ0n) is 24.0. The monoisotopic (exact) mass is 527 g/mol. The molecule has 1 N–H and O–H groups in total. The van der Waals surface area contributed by atoms with Crippen molar-refractivity contribution in [1.29, 1.82) is 0 Å². The van der Waals surface area contributed by atoms with E-state index in [1.165, 1.54) is 22.3 Å². The maximum Gasteiger partial charge on any atom is 0.314 e. The number of esters is 1. The van der Waals surface area contributed by atoms with Crippen LogP contribution in [0.15, 0.2) is 72.8 Å². The summed E-state index contributed by atoms with van der Waals surface area (Å²) in [7, 11) is 0. The summed E-state index contributed by atoms with van der Waals surface area (Å²) in [6.07, 6.45) is 3.16. The fourth-order valence-corrected chi connectivity index (χ4v) is 4.89. The fourth-order valence-electron chi connectivity index (χ4n) is 4.89. The lowest BCUT2D eigenvalue weighted by molar-refractivity contribution is -0.159. The number of carbonyl (C=O) groups excluding carboxylic acids is 1. The first-order chi connectivity index (χ1) is 18.6. The molecular weight excluding hydrogens is 486 g/mol. The molecule has 0 heterocycles. The van der Waals surface area contributed by atoms with Crippen LogP contribution in [0.25, 0.3) is 11.1 Å². The first-order valence-electron chi connectivity index (χ1n) is 13.9. The van der Waals surface area contributed by atoms with Crippen molar-refractivity contribution in [3.63, 3.8) is 0 Å². The molecule has 5 nitrogen and oxygen atoms in total. The van der Waals surface area contributed by atoms with Gasteiger partial charge >= 0.3 is 5.97 Å². The summed E-state index contributed by atoms with van der Waals surface area (Å²) in [5.41, 5.74) is 6.99. The van der Waals surface area contributed by atoms with Crippen LogP contribution in [0.1, 0.15) is 76.6 Å². The average molecular weight is 528 g/mol. The van der Waals surface area contributed by atoms with E-state index >= 15 is 0 Å². The van der Waals surface area contributed by atoms with Gasteiger partial charge in [-0.3, -0.25) is 10.1 Å². The van der Waals surface area contributed by atoms with Crippen molar-refractivity contribution < 1.29 is 19.0 Å². The fraction of sp³-hybridized carbons (Fsp3) is 0.382. The van der Waals surface area contributed by atoms with Crippen molar-refractivity contribution in [1.82, 2.24) is 5.32 Å². The number of rotatable bonds is 9. The molecular formula is C34H41NO4. The molecule has 3 aromatic carbocycles. The lowest BCUT2D eigenvalue weighted by atomic mass is 9.81. The van der Waals surface area contributed by atoms with Gasteiger partial charge < -0.3 is 14.2 Å². The van der Waals surface area contributed by atoms with Crippen molar-refractivity contribution in [2.75, 3.05) is 6.79 Å². The third kappa shape index (κ3) is 7.51. The molecule has 1 aliphatic rings. The summed E-state index contributed by atoms with van der Waals surface area (Å²) in [5, 5.41) is 3.38. The van der Waals surface area contributed by atoms with E-state index in [-0.39, 0.29) is 19.0 Å². The summed E-state index contributed by atoms with van der Waals surface area (Å²) in [6.45, 7) is 11.6. The van der Waals surface area contributed by atoms with Gasteiger partial charge in [-0.2, -0.15) is 0 Å². The molecule has 0 bridgehead atoms. The van der Waals surface area contributed by atoms with Crippen molar-refractivity contribution in [2.45, 2.75) is 73.1 Å². The van der Waals surface area contributed by atoms with Crippen LogP contribution in [0.3, 0.4) is 0 Å². The number of ether oxygens (including phenoxy) is 3. The number of carbonyl (C=O) groups is 1. The molecule has 39 heavy (non-hydrogen) atoms. The molecule has 0 saturated heterocycles. The minimum Gasteiger partial charge on any atom is -0.476 e. The molecule has 1 atom stereocenters. The normalized spacial score (nSPS) is 15.4. The van der Waals surface area contributed by atoms with Crippen LogP contribution in [0.2, 0.25) is 0 Å². The molecule has 0 saturated carbocycles. The van der Waals surface area contributed by atoms with Gasteiger partial charge in [0, 0.05) is 6.04 Å². The quantitative estimate of drug-likeness (QED) is 0.229. The Hall–Kier alpha value is -3.57. The van der Waals surface area contributed by atoms with Gasteiger partial charge in [-0.05, 0) is 118 Å². The Labute approximate surface area is 233 Å². The summed E-state index contributed by atoms with van der Waals surface area (Å²) < 4.78 is 17.1. The standard InChI is InChI=1S/C34H41NO4/c1-23(2)35-24(3)39-29-20-16-27(17-21-29)32(31-13-9-11-25-10-7-8-12-30(25)31)26-14-18-28(19-15-26)37-22-38-33(36)34(4,5)6/h7-8,10,12,14-21,23-24,35H,9,11,13,22H2,1-6H3. The van der Waals surface area contributed by atoms with Gasteiger partial charge in [0.05, 0.1) is 5.41 Å². The Kier molecular flexibility index (Phi) is 9.13. The van der Waals surface area contributed by atoms with Crippen molar-refractivity contribution >= 4 is 17.1 Å². The summed E-state index contributed by atoms with van der Waals surface area (Å²) >= 11 is 0. The molecule has 1 aliphatic carbocycles. The van der Waals surface area contributed by atoms with Crippen LogP contribution >= 0.6 is 0 Å². The van der Waals surface area contributed by atoms with Crippen LogP contribution in [0, 0.1) is 5.41 Å². The highest BCUT2D eigenvalue weighted by molar-refractivity contribution is 5.99. The van der Waals surface area contributed by atoms with Gasteiger partial charge in [0.2, 0.25) is 6.79 Å². The number of aryl methyl sites for hydroxylation is 1. The predicted molar refractivity (Wildman–Crippen MR) is 158 cm³/mol. The molecule has 0 aliphatic heterocycles. The largest absolute Gasteiger partial charge is 0.476 e. The lowest BCUT2D eigenvalue weighted by Crippen LogP contribution is -2.36. The summed E-state index contributed by atoms with van der Waals surface area (Å²) in [6, 6.07) is 25.5. The van der Waals surface area contributed by atoms with E-state index < -0.39 is 5.41 Å². The zero-order chi connectivity index (χ0) is 28.0. The Morgan fingerprint density at radius 3 is 2.08 bits per heavy atom. The predicted octanol–water partition coefficient (Wildman–Crippen LogP) is 7.63. The minimum atomic E-state index is -0.561. The molecule has 3 aromatic rings. The highest BCUT2D eigenvalue weighted by Crippen LogP contribution is 2.40. The molecule has 0 radical (unpaired) electrons. The molecule has 4 rings (SSSR count). The smallest absolute Gasteiger partial charge is 0.314 e. The third-order valence-electron chi connectivity index (χ3n) is 6.71. The first kappa shape index (κ1) is 28.4. The van der Waals surface area contributed by atoms with E-state index in [0.717, 1.165) is 36.1 Å². The maximum absolute atomic E-state index is 12.0. The zero-order valence-corrected chi connectivity index (χ0v) is 24.0. The van der Waals surface area contributed by atoms with E-state index in [4.69, 9.17) is 14.2 Å². The first-order valence-corrected chi connectivity index (χ1v) is 13.9. The molecule has 5 heteroatoms. The number of hydrogen-bond acceptors (Lipinski definition) is 5. The SMILES string of the molecule is CC(C)NC(C)Oc1ccc(C(=C2CCCc3ccccc32)c2ccc(OCOC(=O)C(C)(C)C)cc2)cc1. The van der Waals surface area contributed by atoms with E-state index in [1.54, 1.807) is 0 Å². The summed E-state index contributed by atoms with van der Waals surface area (Å²) in [5.74, 6) is 1.20. The topological polar surface area (TPSA) is 56.8 Å². The number of hydrogen-bond donors (Lipinski definition) is 1. The van der Waals surface area contributed by atoms with Gasteiger partial charge in [-0.25, -0.2) is 0 Å². The lowest BCUT2D eigenvalue weighted by Gasteiger charge is -2.24. The molecule has 0 fully saturated rings. The number of benzene rings is 3. The van der Waals surface area contributed by atoms with E-state index in [9.17, 15) is 4.79 Å². The molecule has 0 spiro atoms. The second kappa shape index (κ2) is 12.5. The van der Waals surface area contributed by atoms with Crippen LogP contribution < -0.4 is 14.8 Å². The van der Waals surface area contributed by atoms with Gasteiger partial charge in [0.15, 0.2) is 0 Å². The third-order valence-corrected chi connectivity index (χ3v) is 6.71. The number of fused-ring (bicyclic) bond motifs is 1. The number of nitrogens with one attached hydrogen (secondary N) is 1. The molecule has 1 unspecified atom stereocenters. The second-order valence-electron chi connectivity index (χ2n) is 11.4. The Morgan fingerprint density at radius 1 is 0.846 bits per heavy atom. The van der Waals surface area contributed by atoms with Crippen molar-refractivity contribution in [2.24, 2.45) is 5.41 Å². The van der Waals surface area contributed by atoms with Gasteiger partial charge in [0.1, 0.15) is 17.7 Å². The highest BCUT2D eigenvalue weighted by Gasteiger charge is 2.23. The van der Waals surface area contributed by atoms with E-state index in [1.807, 2.05) is 52.0 Å². The van der Waals surface area contributed by atoms with Gasteiger partial charge in [0.25, 0.3) is 0 Å². The van der Waals surface area contributed by atoms with Crippen molar-refractivity contribution in [3.8, 4) is 11.5 Å². The molecule has 0 aromatic heterocycles. The van der Waals surface area contributed by atoms with Crippen LogP contribution in [-0.4, -0.2) is 25.0 Å². The van der Waals surface area contributed by atoms with E-state index in [2.05, 4.69) is 67.7 Å². The van der Waals surface area contributed by atoms with E-state index in [0.29, 0.717) is 11.8 Å². The highest BCUT2D eigenvalue weighted by atomic mass is 16.7. The Bertz CT molecular complexity index is 1280. The molecule has 0 amide bonds. The Balaban J connectivity index is 1.63. The molecule has 206 valence electrons. The maximum atomic E-state index is 12.0. The van der Waals surface area contributed by atoms with Crippen molar-refractivity contribution in [3.05, 3.63) is 95.1 Å². The van der Waals surface area contributed by atoms with Crippen LogP contribution in [0.5, 0.6) is 11.5 Å².